The van der Waals surface area contributed by atoms with Crippen molar-refractivity contribution in [1.82, 2.24) is 10.6 Å². The van der Waals surface area contributed by atoms with Crippen molar-refractivity contribution in [3.8, 4) is 0 Å². The average molecular weight is 324 g/mol. The molecular formula is C15H20N2O4S. The number of carboxylic acids is 1. The Balaban J connectivity index is 2.64. The van der Waals surface area contributed by atoms with Crippen LogP contribution in [-0.2, 0) is 16.1 Å². The van der Waals surface area contributed by atoms with Crippen LogP contribution in [0.4, 0.5) is 0 Å². The summed E-state index contributed by atoms with van der Waals surface area (Å²) in [5, 5.41) is 14.3. The van der Waals surface area contributed by atoms with Crippen LogP contribution in [0, 0.1) is 0 Å². The Bertz CT molecular complexity index is 531. The summed E-state index contributed by atoms with van der Waals surface area (Å²) in [7, 11) is 0. The monoisotopic (exact) mass is 324 g/mol. The van der Waals surface area contributed by atoms with E-state index in [4.69, 9.17) is 5.11 Å². The van der Waals surface area contributed by atoms with Gasteiger partial charge in [-0.25, -0.2) is 4.79 Å². The van der Waals surface area contributed by atoms with E-state index in [1.807, 2.05) is 6.26 Å². The third-order valence-corrected chi connectivity index (χ3v) is 3.62. The third kappa shape index (κ3) is 6.17. The summed E-state index contributed by atoms with van der Waals surface area (Å²) in [5.74, 6) is -0.920. The first kappa shape index (κ1) is 18.0. The molecule has 0 radical (unpaired) electrons. The van der Waals surface area contributed by atoms with E-state index in [1.165, 1.54) is 18.7 Å². The van der Waals surface area contributed by atoms with Crippen LogP contribution >= 0.6 is 11.8 Å². The number of carbonyl (C=O) groups is 3. The molecule has 2 amide bonds. The fourth-order valence-electron chi connectivity index (χ4n) is 1.74. The number of nitrogens with one attached hydrogen (secondary N) is 2. The highest BCUT2D eigenvalue weighted by Gasteiger charge is 2.20. The molecule has 0 heterocycles. The van der Waals surface area contributed by atoms with Gasteiger partial charge in [-0.05, 0) is 36.1 Å². The normalized spacial score (nSPS) is 11.5. The molecule has 0 aliphatic carbocycles. The fraction of sp³-hybridized carbons (Fsp3) is 0.400. The van der Waals surface area contributed by atoms with Crippen molar-refractivity contribution in [2.75, 3.05) is 12.0 Å². The quantitative estimate of drug-likeness (QED) is 0.669. The summed E-state index contributed by atoms with van der Waals surface area (Å²) in [6.45, 7) is 1.82. The van der Waals surface area contributed by atoms with Crippen molar-refractivity contribution < 1.29 is 19.5 Å². The van der Waals surface area contributed by atoms with Crippen LogP contribution < -0.4 is 10.6 Å². The maximum absolute atomic E-state index is 12.0. The molecule has 7 heteroatoms. The molecule has 22 heavy (non-hydrogen) atoms. The number of hydrogen-bond acceptors (Lipinski definition) is 4. The van der Waals surface area contributed by atoms with Gasteiger partial charge in [-0.15, -0.1) is 0 Å². The zero-order valence-corrected chi connectivity index (χ0v) is 13.4. The number of benzene rings is 1. The molecule has 1 atom stereocenters. The van der Waals surface area contributed by atoms with Crippen molar-refractivity contribution in [2.24, 2.45) is 0 Å². The maximum atomic E-state index is 12.0. The maximum Gasteiger partial charge on any atom is 0.326 e. The summed E-state index contributed by atoms with van der Waals surface area (Å²) in [5.41, 5.74) is 1.26. The largest absolute Gasteiger partial charge is 0.480 e. The summed E-state index contributed by atoms with van der Waals surface area (Å²) < 4.78 is 0. The molecule has 1 aromatic carbocycles. The predicted octanol–water partition coefficient (Wildman–Crippen LogP) is 1.26. The van der Waals surface area contributed by atoms with Crippen LogP contribution in [0.5, 0.6) is 0 Å². The highest BCUT2D eigenvalue weighted by Crippen LogP contribution is 2.07. The van der Waals surface area contributed by atoms with E-state index in [0.717, 1.165) is 5.56 Å². The lowest BCUT2D eigenvalue weighted by molar-refractivity contribution is -0.139. The van der Waals surface area contributed by atoms with Gasteiger partial charge in [0.15, 0.2) is 0 Å². The molecule has 0 fully saturated rings. The first-order valence-electron chi connectivity index (χ1n) is 6.80. The Hall–Kier alpha value is -2.02. The third-order valence-electron chi connectivity index (χ3n) is 2.97. The standard InChI is InChI=1S/C15H20N2O4S/c1-10(18)16-9-11-3-5-12(6-4-11)14(19)17-13(15(20)21)7-8-22-2/h3-6,13H,7-9H2,1-2H3,(H,16,18)(H,17,19)(H,20,21). The number of rotatable bonds is 8. The van der Waals surface area contributed by atoms with Gasteiger partial charge in [0.2, 0.25) is 5.91 Å². The first-order valence-corrected chi connectivity index (χ1v) is 8.19. The molecule has 0 aliphatic rings. The number of carboxylic acid groups (broad SMARTS) is 1. The number of amides is 2. The van der Waals surface area contributed by atoms with Gasteiger partial charge in [0.05, 0.1) is 0 Å². The Kier molecular flexibility index (Phi) is 7.45. The molecule has 0 aromatic heterocycles. The molecule has 6 nitrogen and oxygen atoms in total. The number of hydrogen-bond donors (Lipinski definition) is 3. The number of thioether (sulfide) groups is 1. The van der Waals surface area contributed by atoms with Crippen LogP contribution in [0.1, 0.15) is 29.3 Å². The van der Waals surface area contributed by atoms with Crippen LogP contribution in [-0.4, -0.2) is 40.9 Å². The topological polar surface area (TPSA) is 95.5 Å². The molecule has 0 saturated carbocycles. The van der Waals surface area contributed by atoms with E-state index in [-0.39, 0.29) is 5.91 Å². The molecule has 1 rings (SSSR count). The van der Waals surface area contributed by atoms with Gasteiger partial charge in [-0.1, -0.05) is 12.1 Å². The molecule has 0 aliphatic heterocycles. The second kappa shape index (κ2) is 9.09. The molecule has 1 aromatic rings. The van der Waals surface area contributed by atoms with E-state index >= 15 is 0 Å². The molecule has 0 bridgehead atoms. The molecule has 120 valence electrons. The lowest BCUT2D eigenvalue weighted by Gasteiger charge is -2.14. The first-order chi connectivity index (χ1) is 10.4. The molecule has 0 saturated heterocycles. The minimum atomic E-state index is -1.04. The SMILES string of the molecule is CSCCC(NC(=O)c1ccc(CNC(C)=O)cc1)C(=O)O. The molecule has 0 spiro atoms. The van der Waals surface area contributed by atoms with Gasteiger partial charge in [0.1, 0.15) is 6.04 Å². The van der Waals surface area contributed by atoms with E-state index in [0.29, 0.717) is 24.3 Å². The molecule has 3 N–H and O–H groups in total. The zero-order valence-electron chi connectivity index (χ0n) is 12.6. The fourth-order valence-corrected chi connectivity index (χ4v) is 2.21. The Morgan fingerprint density at radius 1 is 1.23 bits per heavy atom. The second-order valence-corrected chi connectivity index (χ2v) is 5.74. The van der Waals surface area contributed by atoms with Gasteiger partial charge in [0.25, 0.3) is 5.91 Å². The highest BCUT2D eigenvalue weighted by atomic mass is 32.2. The van der Waals surface area contributed by atoms with Crippen LogP contribution in [0.25, 0.3) is 0 Å². The molecular weight excluding hydrogens is 304 g/mol. The van der Waals surface area contributed by atoms with E-state index < -0.39 is 17.9 Å². The predicted molar refractivity (Wildman–Crippen MR) is 85.9 cm³/mol. The van der Waals surface area contributed by atoms with Crippen molar-refractivity contribution in [3.63, 3.8) is 0 Å². The summed E-state index contributed by atoms with van der Waals surface area (Å²) in [4.78, 5) is 34.0. The van der Waals surface area contributed by atoms with E-state index in [1.54, 1.807) is 24.3 Å². The minimum absolute atomic E-state index is 0.125. The van der Waals surface area contributed by atoms with Crippen LogP contribution in [0.3, 0.4) is 0 Å². The van der Waals surface area contributed by atoms with Crippen molar-refractivity contribution in [1.29, 1.82) is 0 Å². The summed E-state index contributed by atoms with van der Waals surface area (Å²) >= 11 is 1.53. The highest BCUT2D eigenvalue weighted by molar-refractivity contribution is 7.98. The lowest BCUT2D eigenvalue weighted by atomic mass is 10.1. The number of carbonyl (C=O) groups excluding carboxylic acids is 2. The minimum Gasteiger partial charge on any atom is -0.480 e. The van der Waals surface area contributed by atoms with Gasteiger partial charge in [-0.2, -0.15) is 11.8 Å². The summed E-state index contributed by atoms with van der Waals surface area (Å²) in [6, 6.07) is 5.78. The molecule has 1 unspecified atom stereocenters. The van der Waals surface area contributed by atoms with Crippen molar-refractivity contribution >= 4 is 29.5 Å². The van der Waals surface area contributed by atoms with E-state index in [2.05, 4.69) is 10.6 Å². The second-order valence-electron chi connectivity index (χ2n) is 4.75. The average Bonchev–Trinajstić information content (AvgIpc) is 2.49. The smallest absolute Gasteiger partial charge is 0.326 e. The van der Waals surface area contributed by atoms with E-state index in [9.17, 15) is 14.4 Å². The van der Waals surface area contributed by atoms with Crippen LogP contribution in [0.15, 0.2) is 24.3 Å². The van der Waals surface area contributed by atoms with Gasteiger partial charge < -0.3 is 15.7 Å². The lowest BCUT2D eigenvalue weighted by Crippen LogP contribution is -2.41. The zero-order chi connectivity index (χ0) is 16.5. The Morgan fingerprint density at radius 2 is 1.86 bits per heavy atom. The van der Waals surface area contributed by atoms with Crippen molar-refractivity contribution in [2.45, 2.75) is 25.9 Å². The van der Waals surface area contributed by atoms with Gasteiger partial charge in [0, 0.05) is 19.0 Å². The van der Waals surface area contributed by atoms with Gasteiger partial charge >= 0.3 is 5.97 Å². The van der Waals surface area contributed by atoms with Crippen molar-refractivity contribution in [3.05, 3.63) is 35.4 Å². The Labute approximate surface area is 133 Å². The van der Waals surface area contributed by atoms with Gasteiger partial charge in [-0.3, -0.25) is 9.59 Å². The Morgan fingerprint density at radius 3 is 2.36 bits per heavy atom. The number of aliphatic carboxylic acids is 1. The summed E-state index contributed by atoms with van der Waals surface area (Å²) in [6.07, 6.45) is 2.26. The van der Waals surface area contributed by atoms with Crippen LogP contribution in [0.2, 0.25) is 0 Å².